The summed E-state index contributed by atoms with van der Waals surface area (Å²) < 4.78 is 1.66. The van der Waals surface area contributed by atoms with E-state index in [0.717, 1.165) is 0 Å². The number of hydrogen-bond donors (Lipinski definition) is 1. The number of nitrogens with zero attached hydrogens (tertiary/aromatic N) is 3. The number of carbonyl (C=O) groups is 1. The molecule has 1 N–H and O–H groups in total. The van der Waals surface area contributed by atoms with Crippen molar-refractivity contribution in [2.24, 2.45) is 7.05 Å². The zero-order chi connectivity index (χ0) is 13.1. The molecule has 2 aromatic rings. The van der Waals surface area contributed by atoms with E-state index in [9.17, 15) is 4.79 Å². The lowest BCUT2D eigenvalue weighted by Crippen LogP contribution is -2.13. The fourth-order valence-corrected chi connectivity index (χ4v) is 1.61. The number of carbonyl (C=O) groups excluding carboxylic acids is 1. The third-order valence-corrected chi connectivity index (χ3v) is 2.52. The molecular weight excluding hydrogens is 252 g/mol. The fourth-order valence-electron chi connectivity index (χ4n) is 1.43. The van der Waals surface area contributed by atoms with E-state index in [4.69, 9.17) is 16.9 Å². The van der Waals surface area contributed by atoms with Crippen molar-refractivity contribution in [3.05, 3.63) is 47.0 Å². The van der Waals surface area contributed by atoms with Gasteiger partial charge in [-0.25, -0.2) is 4.98 Å². The lowest BCUT2D eigenvalue weighted by atomic mass is 10.2. The Kier molecular flexibility index (Phi) is 3.31. The van der Waals surface area contributed by atoms with Crippen molar-refractivity contribution in [2.75, 3.05) is 5.32 Å². The normalized spacial score (nSPS) is 9.83. The van der Waals surface area contributed by atoms with E-state index in [2.05, 4.69) is 10.3 Å². The molecule has 1 aromatic heterocycles. The van der Waals surface area contributed by atoms with Crippen molar-refractivity contribution in [2.45, 2.75) is 0 Å². The van der Waals surface area contributed by atoms with Crippen molar-refractivity contribution in [3.8, 4) is 6.07 Å². The SMILES string of the molecule is Cn1cnc(C(=O)Nc2cc(Cl)ccc2C#N)c1. The molecule has 0 saturated heterocycles. The van der Waals surface area contributed by atoms with Gasteiger partial charge in [0.05, 0.1) is 17.6 Å². The summed E-state index contributed by atoms with van der Waals surface area (Å²) in [4.78, 5) is 15.8. The van der Waals surface area contributed by atoms with Gasteiger partial charge in [0.1, 0.15) is 11.8 Å². The van der Waals surface area contributed by atoms with Gasteiger partial charge in [0.25, 0.3) is 5.91 Å². The molecule has 0 aliphatic carbocycles. The Morgan fingerprint density at radius 2 is 2.33 bits per heavy atom. The minimum absolute atomic E-state index is 0.279. The Balaban J connectivity index is 2.27. The van der Waals surface area contributed by atoms with E-state index in [1.807, 2.05) is 6.07 Å². The molecule has 1 aromatic carbocycles. The van der Waals surface area contributed by atoms with Crippen molar-refractivity contribution in [1.29, 1.82) is 5.26 Å². The van der Waals surface area contributed by atoms with Gasteiger partial charge in [-0.15, -0.1) is 0 Å². The fraction of sp³-hybridized carbons (Fsp3) is 0.0833. The van der Waals surface area contributed by atoms with Crippen LogP contribution in [0.25, 0.3) is 0 Å². The van der Waals surface area contributed by atoms with Crippen LogP contribution in [0.2, 0.25) is 5.02 Å². The highest BCUT2D eigenvalue weighted by molar-refractivity contribution is 6.31. The molecule has 0 aliphatic heterocycles. The quantitative estimate of drug-likeness (QED) is 0.900. The van der Waals surface area contributed by atoms with Crippen LogP contribution in [0.5, 0.6) is 0 Å². The van der Waals surface area contributed by atoms with Gasteiger partial charge in [-0.3, -0.25) is 4.79 Å². The van der Waals surface area contributed by atoms with Crippen LogP contribution in [0.1, 0.15) is 16.1 Å². The third kappa shape index (κ3) is 2.50. The van der Waals surface area contributed by atoms with E-state index in [1.165, 1.54) is 12.4 Å². The Morgan fingerprint density at radius 1 is 1.56 bits per heavy atom. The van der Waals surface area contributed by atoms with E-state index in [1.54, 1.807) is 29.9 Å². The van der Waals surface area contributed by atoms with E-state index < -0.39 is 0 Å². The summed E-state index contributed by atoms with van der Waals surface area (Å²) in [5.41, 5.74) is 1.01. The van der Waals surface area contributed by atoms with Crippen molar-refractivity contribution in [1.82, 2.24) is 9.55 Å². The van der Waals surface area contributed by atoms with Crippen LogP contribution in [0.15, 0.2) is 30.7 Å². The van der Waals surface area contributed by atoms with Gasteiger partial charge in [0.2, 0.25) is 0 Å². The van der Waals surface area contributed by atoms with Crippen molar-refractivity contribution in [3.63, 3.8) is 0 Å². The molecule has 0 spiro atoms. The standard InChI is InChI=1S/C12H9ClN4O/c1-17-6-11(15-7-17)12(18)16-10-4-9(13)3-2-8(10)5-14/h2-4,6-7H,1H3,(H,16,18). The number of aromatic nitrogens is 2. The van der Waals surface area contributed by atoms with Crippen LogP contribution in [-0.4, -0.2) is 15.5 Å². The molecule has 6 heteroatoms. The topological polar surface area (TPSA) is 70.7 Å². The van der Waals surface area contributed by atoms with Gasteiger partial charge in [0, 0.05) is 18.3 Å². The molecule has 0 atom stereocenters. The molecule has 18 heavy (non-hydrogen) atoms. The van der Waals surface area contributed by atoms with Crippen LogP contribution < -0.4 is 5.32 Å². The summed E-state index contributed by atoms with van der Waals surface area (Å²) in [5.74, 6) is -0.380. The van der Waals surface area contributed by atoms with Gasteiger partial charge >= 0.3 is 0 Å². The molecule has 0 fully saturated rings. The first-order valence-electron chi connectivity index (χ1n) is 5.09. The number of benzene rings is 1. The number of anilines is 1. The highest BCUT2D eigenvalue weighted by atomic mass is 35.5. The van der Waals surface area contributed by atoms with Gasteiger partial charge < -0.3 is 9.88 Å². The van der Waals surface area contributed by atoms with Crippen molar-refractivity contribution < 1.29 is 4.79 Å². The van der Waals surface area contributed by atoms with Crippen LogP contribution in [0.3, 0.4) is 0 Å². The number of hydrogen-bond acceptors (Lipinski definition) is 3. The lowest BCUT2D eigenvalue weighted by molar-refractivity contribution is 0.102. The largest absolute Gasteiger partial charge is 0.340 e. The Labute approximate surface area is 109 Å². The first-order chi connectivity index (χ1) is 8.60. The molecule has 0 unspecified atom stereocenters. The highest BCUT2D eigenvalue weighted by Gasteiger charge is 2.11. The molecule has 0 aliphatic rings. The number of nitrogens with one attached hydrogen (secondary N) is 1. The minimum atomic E-state index is -0.380. The predicted molar refractivity (Wildman–Crippen MR) is 67.3 cm³/mol. The van der Waals surface area contributed by atoms with Crippen molar-refractivity contribution >= 4 is 23.2 Å². The summed E-state index contributed by atoms with van der Waals surface area (Å²) in [6.07, 6.45) is 3.12. The first-order valence-corrected chi connectivity index (χ1v) is 5.47. The van der Waals surface area contributed by atoms with Gasteiger partial charge in [0.15, 0.2) is 0 Å². The number of amides is 1. The molecule has 0 radical (unpaired) electrons. The summed E-state index contributed by atoms with van der Waals surface area (Å²) in [6, 6.07) is 6.66. The first kappa shape index (κ1) is 12.1. The molecule has 0 saturated carbocycles. The minimum Gasteiger partial charge on any atom is -0.340 e. The predicted octanol–water partition coefficient (Wildman–Crippen LogP) is 2.20. The Bertz CT molecular complexity index is 642. The maximum atomic E-state index is 11.9. The second-order valence-electron chi connectivity index (χ2n) is 3.68. The average Bonchev–Trinajstić information content (AvgIpc) is 2.76. The molecule has 1 amide bonds. The Morgan fingerprint density at radius 3 is 2.94 bits per heavy atom. The maximum Gasteiger partial charge on any atom is 0.275 e. The second-order valence-corrected chi connectivity index (χ2v) is 4.12. The third-order valence-electron chi connectivity index (χ3n) is 2.29. The molecule has 0 bridgehead atoms. The Hall–Kier alpha value is -2.32. The number of aryl methyl sites for hydroxylation is 1. The van der Waals surface area contributed by atoms with Crippen LogP contribution in [0, 0.1) is 11.3 Å². The highest BCUT2D eigenvalue weighted by Crippen LogP contribution is 2.20. The number of rotatable bonds is 2. The zero-order valence-corrected chi connectivity index (χ0v) is 10.3. The second kappa shape index (κ2) is 4.90. The zero-order valence-electron chi connectivity index (χ0n) is 9.51. The van der Waals surface area contributed by atoms with E-state index in [0.29, 0.717) is 16.3 Å². The molecule has 1 heterocycles. The number of imidazole rings is 1. The summed E-state index contributed by atoms with van der Waals surface area (Å²) >= 11 is 5.83. The molecule has 2 rings (SSSR count). The number of nitriles is 1. The van der Waals surface area contributed by atoms with Crippen LogP contribution in [-0.2, 0) is 7.05 Å². The molecule has 90 valence electrons. The van der Waals surface area contributed by atoms with Gasteiger partial charge in [-0.2, -0.15) is 5.26 Å². The van der Waals surface area contributed by atoms with E-state index >= 15 is 0 Å². The van der Waals surface area contributed by atoms with Gasteiger partial charge in [-0.1, -0.05) is 11.6 Å². The summed E-state index contributed by atoms with van der Waals surface area (Å²) in [5, 5.41) is 12.0. The maximum absolute atomic E-state index is 11.9. The monoisotopic (exact) mass is 260 g/mol. The number of halogens is 1. The lowest BCUT2D eigenvalue weighted by Gasteiger charge is -2.05. The molecular formula is C12H9ClN4O. The summed E-state index contributed by atoms with van der Waals surface area (Å²) in [6.45, 7) is 0. The van der Waals surface area contributed by atoms with E-state index in [-0.39, 0.29) is 11.6 Å². The molecule has 5 nitrogen and oxygen atoms in total. The summed E-state index contributed by atoms with van der Waals surface area (Å²) in [7, 11) is 1.77. The smallest absolute Gasteiger partial charge is 0.275 e. The van der Waals surface area contributed by atoms with Crippen LogP contribution >= 0.6 is 11.6 Å². The van der Waals surface area contributed by atoms with Crippen LogP contribution in [0.4, 0.5) is 5.69 Å². The van der Waals surface area contributed by atoms with Gasteiger partial charge in [-0.05, 0) is 18.2 Å². The average molecular weight is 261 g/mol.